The number of azo groups is 1. The van der Waals surface area contributed by atoms with Crippen LogP contribution in [0.2, 0.25) is 0 Å². The van der Waals surface area contributed by atoms with Gasteiger partial charge in [0.25, 0.3) is 5.91 Å². The fraction of sp³-hybridized carbons (Fsp3) is 0.0625. The summed E-state index contributed by atoms with van der Waals surface area (Å²) in [7, 11) is -4.01. The number of anilines is 1. The molecule has 26 heavy (non-hydrogen) atoms. The van der Waals surface area contributed by atoms with Crippen LogP contribution in [0, 0.1) is 0 Å². The van der Waals surface area contributed by atoms with Crippen molar-refractivity contribution in [2.75, 3.05) is 5.32 Å². The number of phenols is 1. The number of rotatable bonds is 5. The molecule has 2 aromatic carbocycles. The molecule has 9 nitrogen and oxygen atoms in total. The second kappa shape index (κ2) is 7.76. The number of benzene rings is 2. The Morgan fingerprint density at radius 3 is 2.38 bits per heavy atom. The van der Waals surface area contributed by atoms with Crippen LogP contribution in [0.3, 0.4) is 0 Å². The van der Waals surface area contributed by atoms with E-state index in [2.05, 4.69) is 15.5 Å². The summed E-state index contributed by atoms with van der Waals surface area (Å²) in [5.74, 6) is -1.52. The molecule has 5 N–H and O–H groups in total. The fourth-order valence-electron chi connectivity index (χ4n) is 1.86. The van der Waals surface area contributed by atoms with E-state index in [4.69, 9.17) is 5.14 Å². The van der Waals surface area contributed by atoms with Crippen molar-refractivity contribution in [3.05, 3.63) is 60.0 Å². The summed E-state index contributed by atoms with van der Waals surface area (Å²) < 4.78 is 22.7. The van der Waals surface area contributed by atoms with Crippen molar-refractivity contribution >= 4 is 27.3 Å². The van der Waals surface area contributed by atoms with Crippen LogP contribution < -0.4 is 10.5 Å². The third kappa shape index (κ3) is 4.88. The van der Waals surface area contributed by atoms with Gasteiger partial charge in [-0.3, -0.25) is 4.79 Å². The molecular weight excluding hydrogens is 360 g/mol. The van der Waals surface area contributed by atoms with Crippen molar-refractivity contribution in [3.63, 3.8) is 0 Å². The number of hydrogen-bond acceptors (Lipinski definition) is 7. The van der Waals surface area contributed by atoms with Crippen LogP contribution in [0.25, 0.3) is 0 Å². The van der Waals surface area contributed by atoms with E-state index >= 15 is 0 Å². The number of aromatic hydroxyl groups is 1. The Hall–Kier alpha value is -3.24. The minimum Gasteiger partial charge on any atom is -0.510 e. The lowest BCUT2D eigenvalue weighted by Crippen LogP contribution is -2.14. The van der Waals surface area contributed by atoms with Crippen molar-refractivity contribution in [2.45, 2.75) is 11.8 Å². The second-order valence-electron chi connectivity index (χ2n) is 5.15. The van der Waals surface area contributed by atoms with E-state index in [1.54, 1.807) is 30.3 Å². The molecule has 0 atom stereocenters. The summed E-state index contributed by atoms with van der Waals surface area (Å²) in [5, 5.41) is 34.2. The summed E-state index contributed by atoms with van der Waals surface area (Å²) in [5.41, 5.74) is -0.164. The standard InChI is InChI=1S/C16H16N4O5S/c1-10(21)15(16(23)18-11-5-3-2-4-6-11)20-19-13-9-12(26(17,24)25)7-8-14(13)22/h2-9,21-22H,1H3,(H,18,23)(H2,17,24,25)/b15-10+,20-19?. The normalized spacial score (nSPS) is 12.7. The first kappa shape index (κ1) is 19.1. The van der Waals surface area contributed by atoms with Gasteiger partial charge in [-0.25, -0.2) is 13.6 Å². The number of carbonyl (C=O) groups excluding carboxylic acids is 1. The zero-order valence-electron chi connectivity index (χ0n) is 13.6. The fourth-order valence-corrected chi connectivity index (χ4v) is 2.39. The van der Waals surface area contributed by atoms with Crippen LogP contribution in [0.1, 0.15) is 6.92 Å². The Bertz CT molecular complexity index is 981. The van der Waals surface area contributed by atoms with Crippen LogP contribution in [0.15, 0.2) is 75.1 Å². The smallest absolute Gasteiger partial charge is 0.279 e. The molecule has 0 unspecified atom stereocenters. The summed E-state index contributed by atoms with van der Waals surface area (Å²) in [6.45, 7) is 1.24. The van der Waals surface area contributed by atoms with Gasteiger partial charge in [-0.15, -0.1) is 10.2 Å². The van der Waals surface area contributed by atoms with E-state index in [0.29, 0.717) is 5.69 Å². The molecule has 136 valence electrons. The first-order chi connectivity index (χ1) is 12.2. The average molecular weight is 376 g/mol. The van der Waals surface area contributed by atoms with E-state index in [0.717, 1.165) is 18.2 Å². The SMILES string of the molecule is C/C(O)=C(\N=Nc1cc(S(N)(=O)=O)ccc1O)C(=O)Nc1ccccc1. The number of aliphatic hydroxyl groups is 1. The lowest BCUT2D eigenvalue weighted by atomic mass is 10.3. The molecule has 0 aliphatic carbocycles. The van der Waals surface area contributed by atoms with Gasteiger partial charge in [0.1, 0.15) is 17.2 Å². The maximum atomic E-state index is 12.2. The highest BCUT2D eigenvalue weighted by Crippen LogP contribution is 2.29. The van der Waals surface area contributed by atoms with Crippen LogP contribution in [0.5, 0.6) is 5.75 Å². The third-order valence-electron chi connectivity index (χ3n) is 3.12. The molecule has 0 saturated carbocycles. The summed E-state index contributed by atoms with van der Waals surface area (Å²) in [4.78, 5) is 11.9. The van der Waals surface area contributed by atoms with Gasteiger partial charge in [-0.05, 0) is 37.3 Å². The molecule has 0 radical (unpaired) electrons. The van der Waals surface area contributed by atoms with Crippen LogP contribution in [-0.2, 0) is 14.8 Å². The minimum absolute atomic E-state index is 0.234. The Balaban J connectivity index is 2.31. The number of nitrogens with two attached hydrogens (primary N) is 1. The Morgan fingerprint density at radius 2 is 1.81 bits per heavy atom. The van der Waals surface area contributed by atoms with Crippen LogP contribution in [0.4, 0.5) is 11.4 Å². The first-order valence-electron chi connectivity index (χ1n) is 7.22. The molecule has 0 bridgehead atoms. The van der Waals surface area contributed by atoms with Gasteiger partial charge in [-0.2, -0.15) is 0 Å². The lowest BCUT2D eigenvalue weighted by molar-refractivity contribution is -0.113. The highest BCUT2D eigenvalue weighted by molar-refractivity contribution is 7.89. The van der Waals surface area contributed by atoms with E-state index in [1.807, 2.05) is 0 Å². The predicted octanol–water partition coefficient (Wildman–Crippen LogP) is 2.55. The number of para-hydroxylation sites is 1. The number of nitrogens with zero attached hydrogens (tertiary/aromatic N) is 2. The molecule has 1 amide bonds. The van der Waals surface area contributed by atoms with Gasteiger partial charge in [0.15, 0.2) is 5.70 Å². The number of nitrogens with one attached hydrogen (secondary N) is 1. The van der Waals surface area contributed by atoms with Gasteiger partial charge in [0.2, 0.25) is 10.0 Å². The van der Waals surface area contributed by atoms with Crippen LogP contribution in [-0.4, -0.2) is 24.5 Å². The molecule has 2 aromatic rings. The highest BCUT2D eigenvalue weighted by Gasteiger charge is 2.15. The zero-order chi connectivity index (χ0) is 19.3. The number of allylic oxidation sites excluding steroid dienone is 1. The maximum Gasteiger partial charge on any atom is 0.279 e. The average Bonchev–Trinajstić information content (AvgIpc) is 2.56. The summed E-state index contributed by atoms with van der Waals surface area (Å²) in [6.07, 6.45) is 0. The van der Waals surface area contributed by atoms with E-state index in [1.165, 1.54) is 6.92 Å². The van der Waals surface area contributed by atoms with Crippen molar-refractivity contribution in [1.82, 2.24) is 0 Å². The monoisotopic (exact) mass is 376 g/mol. The molecule has 10 heteroatoms. The van der Waals surface area contributed by atoms with Crippen molar-refractivity contribution < 1.29 is 23.4 Å². The first-order valence-corrected chi connectivity index (χ1v) is 8.77. The number of amides is 1. The number of sulfonamides is 1. The Labute approximate surface area is 149 Å². The molecule has 0 aliphatic rings. The van der Waals surface area contributed by atoms with Crippen molar-refractivity contribution in [2.24, 2.45) is 15.4 Å². The largest absolute Gasteiger partial charge is 0.510 e. The second-order valence-corrected chi connectivity index (χ2v) is 6.71. The summed E-state index contributed by atoms with van der Waals surface area (Å²) in [6, 6.07) is 11.6. The molecule has 0 saturated heterocycles. The van der Waals surface area contributed by atoms with Crippen molar-refractivity contribution in [3.8, 4) is 5.75 Å². The highest BCUT2D eigenvalue weighted by atomic mass is 32.2. The number of aliphatic hydroxyl groups excluding tert-OH is 1. The number of phenolic OH excluding ortho intramolecular Hbond substituents is 1. The third-order valence-corrected chi connectivity index (χ3v) is 4.03. The van der Waals surface area contributed by atoms with Gasteiger partial charge in [0, 0.05) is 5.69 Å². The zero-order valence-corrected chi connectivity index (χ0v) is 14.4. The molecule has 0 heterocycles. The van der Waals surface area contributed by atoms with Gasteiger partial charge in [-0.1, -0.05) is 18.2 Å². The topological polar surface area (TPSA) is 154 Å². The van der Waals surface area contributed by atoms with Crippen LogP contribution >= 0.6 is 0 Å². The molecule has 2 rings (SSSR count). The number of hydrogen-bond donors (Lipinski definition) is 4. The predicted molar refractivity (Wildman–Crippen MR) is 94.4 cm³/mol. The van der Waals surface area contributed by atoms with Gasteiger partial charge < -0.3 is 15.5 Å². The Kier molecular flexibility index (Phi) is 5.70. The molecular formula is C16H16N4O5S. The molecule has 0 fully saturated rings. The summed E-state index contributed by atoms with van der Waals surface area (Å²) >= 11 is 0. The lowest BCUT2D eigenvalue weighted by Gasteiger charge is -2.06. The van der Waals surface area contributed by atoms with Crippen molar-refractivity contribution in [1.29, 1.82) is 0 Å². The minimum atomic E-state index is -4.01. The quantitative estimate of drug-likeness (QED) is 0.358. The van der Waals surface area contributed by atoms with E-state index < -0.39 is 27.4 Å². The Morgan fingerprint density at radius 1 is 1.15 bits per heavy atom. The van der Waals surface area contributed by atoms with E-state index in [9.17, 15) is 23.4 Å². The molecule has 0 aliphatic heterocycles. The maximum absolute atomic E-state index is 12.2. The number of primary sulfonamides is 1. The van der Waals surface area contributed by atoms with Gasteiger partial charge >= 0.3 is 0 Å². The molecule has 0 aromatic heterocycles. The van der Waals surface area contributed by atoms with E-state index in [-0.39, 0.29) is 16.3 Å². The number of carbonyl (C=O) groups is 1. The molecule has 0 spiro atoms. The van der Waals surface area contributed by atoms with Gasteiger partial charge in [0.05, 0.1) is 4.90 Å².